The third-order valence-corrected chi connectivity index (χ3v) is 17.4. The van der Waals surface area contributed by atoms with Gasteiger partial charge in [0.25, 0.3) is 0 Å². The van der Waals surface area contributed by atoms with Gasteiger partial charge in [0.1, 0.15) is 24.6 Å². The van der Waals surface area contributed by atoms with Gasteiger partial charge in [-0.2, -0.15) is 0 Å². The van der Waals surface area contributed by atoms with Crippen LogP contribution in [0, 0.1) is 50.2 Å². The largest absolute Gasteiger partial charge is 0.481 e. The molecule has 0 amide bonds. The Balaban J connectivity index is 1.30. The number of aldehydes is 1. The molecule has 2 heterocycles. The van der Waals surface area contributed by atoms with Gasteiger partial charge in [0.15, 0.2) is 12.4 Å². The number of H-pyrrole nitrogens is 1. The van der Waals surface area contributed by atoms with Gasteiger partial charge in [-0.15, -0.1) is 0 Å². The molecule has 6 aliphatic rings. The minimum Gasteiger partial charge on any atom is -0.481 e. The number of aliphatic carboxylic acids is 2. The number of hydrogen-bond donors (Lipinski definition) is 6. The molecular weight excluding hydrogens is 714 g/mol. The minimum absolute atomic E-state index is 0.0268. The van der Waals surface area contributed by atoms with Crippen LogP contribution in [0.1, 0.15) is 136 Å². The van der Waals surface area contributed by atoms with Crippen LogP contribution >= 0.6 is 0 Å². The highest BCUT2D eigenvalue weighted by Gasteiger charge is 2.71. The summed E-state index contributed by atoms with van der Waals surface area (Å²) in [6.07, 6.45) is 11.0. The molecule has 0 bridgehead atoms. The molecule has 7 rings (SSSR count). The van der Waals surface area contributed by atoms with E-state index < -0.39 is 59.6 Å². The van der Waals surface area contributed by atoms with Gasteiger partial charge < -0.3 is 44.8 Å². The third kappa shape index (κ3) is 6.18. The highest BCUT2D eigenvalue weighted by Crippen LogP contribution is 2.77. The fourth-order valence-corrected chi connectivity index (χ4v) is 14.3. The molecule has 56 heavy (non-hydrogen) atoms. The van der Waals surface area contributed by atoms with E-state index in [1.165, 1.54) is 16.7 Å². The molecule has 0 spiro atoms. The molecule has 0 radical (unpaired) electrons. The first kappa shape index (κ1) is 41.6. The Bertz CT molecular complexity index is 1700. The monoisotopic (exact) mass is 781 g/mol. The summed E-state index contributed by atoms with van der Waals surface area (Å²) in [6.45, 7) is 13.7. The number of nitrogens with one attached hydrogen (secondary N) is 1. The van der Waals surface area contributed by atoms with Crippen molar-refractivity contribution in [1.82, 2.24) is 4.98 Å². The predicted molar refractivity (Wildman–Crippen MR) is 208 cm³/mol. The van der Waals surface area contributed by atoms with Gasteiger partial charge in [-0.3, -0.25) is 4.79 Å². The number of carboxylic acids is 2. The number of aromatic amines is 1. The average molecular weight is 782 g/mol. The maximum atomic E-state index is 13.3. The Morgan fingerprint density at radius 1 is 0.893 bits per heavy atom. The van der Waals surface area contributed by atoms with Crippen molar-refractivity contribution in [2.45, 2.75) is 175 Å². The lowest BCUT2D eigenvalue weighted by molar-refractivity contribution is -0.325. The minimum atomic E-state index is -1.79. The van der Waals surface area contributed by atoms with Crippen LogP contribution < -0.4 is 0 Å². The first-order valence-corrected chi connectivity index (χ1v) is 21.4. The van der Waals surface area contributed by atoms with E-state index in [-0.39, 0.29) is 39.4 Å². The smallest absolute Gasteiger partial charge is 0.335 e. The lowest BCUT2D eigenvalue weighted by atomic mass is 9.32. The lowest BCUT2D eigenvalue weighted by Gasteiger charge is -2.72. The first-order chi connectivity index (χ1) is 26.3. The predicted octanol–water partition coefficient (Wildman–Crippen LogP) is 6.61. The summed E-state index contributed by atoms with van der Waals surface area (Å²) in [5.41, 5.74) is 2.13. The van der Waals surface area contributed by atoms with Gasteiger partial charge in [0, 0.05) is 18.8 Å². The van der Waals surface area contributed by atoms with E-state index >= 15 is 0 Å². The number of hydrogen-bond acceptors (Lipinski definition) is 8. The zero-order valence-electron chi connectivity index (χ0n) is 34.4. The molecule has 11 nitrogen and oxygen atoms in total. The number of ether oxygens (including phenoxy) is 2. The second kappa shape index (κ2) is 14.6. The van der Waals surface area contributed by atoms with E-state index in [0.717, 1.165) is 76.9 Å². The number of carbonyl (C=O) groups is 3. The molecular formula is C45H67NO10. The molecule has 312 valence electrons. The normalized spacial score (nSPS) is 43.9. The number of carbonyl (C=O) groups excluding carboxylic acids is 1. The number of fused-ring (bicyclic) bond motifs is 7. The van der Waals surface area contributed by atoms with Crippen LogP contribution in [0.15, 0.2) is 24.0 Å². The van der Waals surface area contributed by atoms with Crippen LogP contribution in [0.3, 0.4) is 0 Å². The van der Waals surface area contributed by atoms with Crippen molar-refractivity contribution in [3.63, 3.8) is 0 Å². The number of aliphatic hydroxyl groups excluding tert-OH is 3. The Kier molecular flexibility index (Phi) is 10.8. The molecule has 5 aliphatic carbocycles. The molecule has 1 aromatic heterocycles. The van der Waals surface area contributed by atoms with Crippen LogP contribution in [0.4, 0.5) is 0 Å². The van der Waals surface area contributed by atoms with E-state index in [0.29, 0.717) is 25.7 Å². The number of allylic oxidation sites excluding steroid dienone is 2. The van der Waals surface area contributed by atoms with Gasteiger partial charge in [-0.05, 0) is 146 Å². The maximum Gasteiger partial charge on any atom is 0.335 e. The van der Waals surface area contributed by atoms with Gasteiger partial charge in [0.2, 0.25) is 0 Å². The van der Waals surface area contributed by atoms with E-state index in [2.05, 4.69) is 65.0 Å². The van der Waals surface area contributed by atoms with Crippen molar-refractivity contribution < 1.29 is 49.4 Å². The SMILES string of the molecule is CCc1c[nH]cc1CCC12CCC(OC3OC(C(=O)O)C(O)C(O)C3O)C(C)(C)C1CCC1(C)C2CC=C2C3CC(C)(C)CCC3(C(=O)O)CCC21CCC=O. The maximum absolute atomic E-state index is 13.3. The Labute approximate surface area is 332 Å². The molecule has 1 aliphatic heterocycles. The van der Waals surface area contributed by atoms with Gasteiger partial charge in [-0.1, -0.05) is 53.2 Å². The summed E-state index contributed by atoms with van der Waals surface area (Å²) < 4.78 is 12.2. The zero-order valence-corrected chi connectivity index (χ0v) is 34.4. The van der Waals surface area contributed by atoms with E-state index in [1.54, 1.807) is 0 Å². The molecule has 1 saturated heterocycles. The summed E-state index contributed by atoms with van der Waals surface area (Å²) in [6, 6.07) is 0. The molecule has 0 aromatic carbocycles. The fourth-order valence-electron chi connectivity index (χ4n) is 14.3. The van der Waals surface area contributed by atoms with Crippen molar-refractivity contribution in [2.75, 3.05) is 0 Å². The van der Waals surface area contributed by atoms with E-state index in [4.69, 9.17) is 9.47 Å². The third-order valence-electron chi connectivity index (χ3n) is 17.4. The van der Waals surface area contributed by atoms with Crippen molar-refractivity contribution in [1.29, 1.82) is 0 Å². The van der Waals surface area contributed by atoms with E-state index in [9.17, 15) is 39.9 Å². The first-order valence-electron chi connectivity index (χ1n) is 21.4. The fraction of sp³-hybridized carbons (Fsp3) is 0.800. The van der Waals surface area contributed by atoms with E-state index in [1.807, 2.05) is 0 Å². The Morgan fingerprint density at radius 2 is 1.61 bits per heavy atom. The second-order valence-corrected chi connectivity index (χ2v) is 20.4. The summed E-state index contributed by atoms with van der Waals surface area (Å²) in [5.74, 6) is -1.73. The number of aryl methyl sites for hydroxylation is 2. The van der Waals surface area contributed by atoms with Crippen LogP contribution in [0.25, 0.3) is 0 Å². The molecule has 5 fully saturated rings. The molecule has 11 heteroatoms. The van der Waals surface area contributed by atoms with Gasteiger partial charge in [-0.25, -0.2) is 4.79 Å². The quantitative estimate of drug-likeness (QED) is 0.0811. The van der Waals surface area contributed by atoms with Crippen LogP contribution in [-0.2, 0) is 36.7 Å². The Morgan fingerprint density at radius 3 is 2.29 bits per heavy atom. The highest BCUT2D eigenvalue weighted by atomic mass is 16.7. The molecule has 13 atom stereocenters. The van der Waals surface area contributed by atoms with Crippen molar-refractivity contribution in [3.8, 4) is 0 Å². The van der Waals surface area contributed by atoms with Crippen molar-refractivity contribution in [3.05, 3.63) is 35.2 Å². The molecule has 6 N–H and O–H groups in total. The summed E-state index contributed by atoms with van der Waals surface area (Å²) in [5, 5.41) is 52.6. The molecule has 4 saturated carbocycles. The zero-order chi connectivity index (χ0) is 40.6. The van der Waals surface area contributed by atoms with Gasteiger partial charge in [0.05, 0.1) is 11.5 Å². The van der Waals surface area contributed by atoms with Crippen molar-refractivity contribution in [2.24, 2.45) is 50.2 Å². The topological polar surface area (TPSA) is 187 Å². The number of aliphatic hydroxyl groups is 3. The van der Waals surface area contributed by atoms with Crippen LogP contribution in [0.5, 0.6) is 0 Å². The highest BCUT2D eigenvalue weighted by molar-refractivity contribution is 5.77. The summed E-state index contributed by atoms with van der Waals surface area (Å²) in [4.78, 5) is 40.9. The molecule has 1 aromatic rings. The Hall–Kier alpha value is -2.57. The summed E-state index contributed by atoms with van der Waals surface area (Å²) in [7, 11) is 0. The van der Waals surface area contributed by atoms with Crippen molar-refractivity contribution >= 4 is 18.2 Å². The number of rotatable bonds is 11. The number of aromatic nitrogens is 1. The average Bonchev–Trinajstić information content (AvgIpc) is 3.61. The van der Waals surface area contributed by atoms with Crippen LogP contribution in [-0.4, -0.2) is 85.6 Å². The van der Waals surface area contributed by atoms with Crippen LogP contribution in [0.2, 0.25) is 0 Å². The summed E-state index contributed by atoms with van der Waals surface area (Å²) >= 11 is 0. The lowest BCUT2D eigenvalue weighted by Crippen LogP contribution is -2.67. The second-order valence-electron chi connectivity index (χ2n) is 20.4. The standard InChI is InChI=1S/C45H67NO10/c1-7-26-24-46-25-27(26)11-16-44-17-13-32(55-38-35(50)33(48)34(49)36(56-38)37(51)52)41(4,5)30(44)12-15-42(6)31(44)10-9-28-29-23-40(2,3)18-19-43(29,39(53)54)20-21-45(28,42)14-8-22-47/h9,22,24-25,29-36,38,46,48-50H,7-8,10-21,23H2,1-6H3,(H,51,52)(H,53,54). The van der Waals surface area contributed by atoms with Gasteiger partial charge >= 0.3 is 11.9 Å². The number of carboxylic acid groups (broad SMARTS) is 2. The molecule has 13 unspecified atom stereocenters.